The lowest BCUT2D eigenvalue weighted by Gasteiger charge is -2.11. The molecule has 8 heteroatoms. The zero-order valence-corrected chi connectivity index (χ0v) is 14.8. The van der Waals surface area contributed by atoms with Gasteiger partial charge in [-0.1, -0.05) is 17.9 Å². The molecule has 2 aromatic heterocycles. The van der Waals surface area contributed by atoms with Crippen LogP contribution in [0.4, 0.5) is 10.8 Å². The smallest absolute Gasteiger partial charge is 0.209 e. The second-order valence-corrected chi connectivity index (χ2v) is 6.87. The molecule has 0 atom stereocenters. The van der Waals surface area contributed by atoms with Crippen LogP contribution in [0.5, 0.6) is 5.75 Å². The molecule has 3 rings (SSSR count). The fourth-order valence-electron chi connectivity index (χ4n) is 2.14. The van der Waals surface area contributed by atoms with Gasteiger partial charge in [-0.2, -0.15) is 0 Å². The zero-order valence-electron chi connectivity index (χ0n) is 13.2. The summed E-state index contributed by atoms with van der Waals surface area (Å²) in [5.74, 6) is 0.715. The minimum atomic E-state index is 0.572. The van der Waals surface area contributed by atoms with E-state index in [1.165, 1.54) is 16.2 Å². The van der Waals surface area contributed by atoms with E-state index in [0.717, 1.165) is 17.7 Å². The van der Waals surface area contributed by atoms with Gasteiger partial charge in [0.05, 0.1) is 17.8 Å². The number of nitrogens with zero attached hydrogens (tertiary/aromatic N) is 3. The maximum absolute atomic E-state index is 5.98. The maximum atomic E-state index is 5.98. The Bertz CT molecular complexity index is 829. The lowest BCUT2D eigenvalue weighted by molar-refractivity contribution is 0.323. The standard InChI is InChI=1S/C16H17N5OS2/c1-10(20-16-21-19-9-24-16)12-5-13(17)7-14(6-12)22-4-3-15-11(2)18-8-23-15/h5-9H,1,3-4,17H2,2H3,(H,20,21). The largest absolute Gasteiger partial charge is 0.493 e. The van der Waals surface area contributed by atoms with Crippen LogP contribution in [0.1, 0.15) is 16.1 Å². The predicted molar refractivity (Wildman–Crippen MR) is 99.5 cm³/mol. The van der Waals surface area contributed by atoms with Crippen LogP contribution >= 0.6 is 22.7 Å². The fourth-order valence-corrected chi connectivity index (χ4v) is 3.37. The van der Waals surface area contributed by atoms with Crippen molar-refractivity contribution in [2.24, 2.45) is 0 Å². The van der Waals surface area contributed by atoms with Crippen molar-refractivity contribution < 1.29 is 4.74 Å². The summed E-state index contributed by atoms with van der Waals surface area (Å²) in [5, 5.41) is 11.5. The van der Waals surface area contributed by atoms with E-state index in [2.05, 4.69) is 27.1 Å². The molecule has 0 bridgehead atoms. The zero-order chi connectivity index (χ0) is 16.9. The van der Waals surface area contributed by atoms with Gasteiger partial charge in [-0.15, -0.1) is 21.5 Å². The summed E-state index contributed by atoms with van der Waals surface area (Å²) >= 11 is 3.05. The number of anilines is 2. The normalized spacial score (nSPS) is 10.5. The molecule has 0 aliphatic carbocycles. The van der Waals surface area contributed by atoms with Crippen molar-refractivity contribution in [3.63, 3.8) is 0 Å². The third kappa shape index (κ3) is 4.09. The first-order chi connectivity index (χ1) is 11.6. The van der Waals surface area contributed by atoms with Gasteiger partial charge in [-0.05, 0) is 19.1 Å². The van der Waals surface area contributed by atoms with E-state index >= 15 is 0 Å². The van der Waals surface area contributed by atoms with E-state index in [1.54, 1.807) is 22.9 Å². The van der Waals surface area contributed by atoms with Crippen molar-refractivity contribution in [1.82, 2.24) is 15.2 Å². The Kier molecular flexibility index (Phi) is 5.07. The number of hydrogen-bond acceptors (Lipinski definition) is 8. The van der Waals surface area contributed by atoms with Crippen LogP contribution in [0.2, 0.25) is 0 Å². The fraction of sp³-hybridized carbons (Fsp3) is 0.188. The number of aryl methyl sites for hydroxylation is 1. The average Bonchev–Trinajstić information content (AvgIpc) is 3.19. The van der Waals surface area contributed by atoms with Crippen molar-refractivity contribution >= 4 is 39.2 Å². The van der Waals surface area contributed by atoms with Crippen molar-refractivity contribution in [3.8, 4) is 5.75 Å². The molecular weight excluding hydrogens is 342 g/mol. The summed E-state index contributed by atoms with van der Waals surface area (Å²) in [7, 11) is 0. The van der Waals surface area contributed by atoms with Crippen LogP contribution in [-0.2, 0) is 6.42 Å². The molecule has 6 nitrogen and oxygen atoms in total. The van der Waals surface area contributed by atoms with Crippen molar-refractivity contribution in [2.45, 2.75) is 13.3 Å². The van der Waals surface area contributed by atoms with Crippen LogP contribution < -0.4 is 15.8 Å². The number of nitrogen functional groups attached to an aromatic ring is 1. The highest BCUT2D eigenvalue weighted by Gasteiger charge is 2.07. The van der Waals surface area contributed by atoms with Crippen LogP contribution in [-0.4, -0.2) is 21.8 Å². The summed E-state index contributed by atoms with van der Waals surface area (Å²) in [6.45, 7) is 6.60. The van der Waals surface area contributed by atoms with E-state index in [0.29, 0.717) is 28.9 Å². The molecule has 124 valence electrons. The first-order valence-electron chi connectivity index (χ1n) is 7.26. The first-order valence-corrected chi connectivity index (χ1v) is 9.02. The minimum absolute atomic E-state index is 0.572. The SMILES string of the molecule is C=C(Nc1nncs1)c1cc(N)cc(OCCc2scnc2C)c1. The molecule has 0 amide bonds. The Morgan fingerprint density at radius 3 is 2.88 bits per heavy atom. The van der Waals surface area contributed by atoms with Gasteiger partial charge in [0, 0.05) is 34.3 Å². The lowest BCUT2D eigenvalue weighted by atomic mass is 10.1. The molecule has 0 unspecified atom stereocenters. The van der Waals surface area contributed by atoms with Gasteiger partial charge in [0.1, 0.15) is 11.3 Å². The van der Waals surface area contributed by atoms with Gasteiger partial charge >= 0.3 is 0 Å². The van der Waals surface area contributed by atoms with Crippen LogP contribution in [0.3, 0.4) is 0 Å². The molecule has 0 fully saturated rings. The second-order valence-electron chi connectivity index (χ2n) is 5.10. The van der Waals surface area contributed by atoms with Crippen LogP contribution in [0.25, 0.3) is 5.70 Å². The minimum Gasteiger partial charge on any atom is -0.493 e. The topological polar surface area (TPSA) is 86.0 Å². The molecule has 1 aromatic carbocycles. The molecule has 0 spiro atoms. The Balaban J connectivity index is 1.65. The summed E-state index contributed by atoms with van der Waals surface area (Å²) < 4.78 is 5.85. The molecule has 0 saturated heterocycles. The van der Waals surface area contributed by atoms with E-state index in [-0.39, 0.29) is 0 Å². The molecule has 0 saturated carbocycles. The molecule has 3 N–H and O–H groups in total. The van der Waals surface area contributed by atoms with E-state index in [4.69, 9.17) is 10.5 Å². The number of benzene rings is 1. The first kappa shape index (κ1) is 16.4. The lowest BCUT2D eigenvalue weighted by Crippen LogP contribution is -2.03. The molecule has 0 aliphatic rings. The number of nitrogens with one attached hydrogen (secondary N) is 1. The van der Waals surface area contributed by atoms with E-state index < -0.39 is 0 Å². The summed E-state index contributed by atoms with van der Waals surface area (Å²) in [6, 6.07) is 5.56. The average molecular weight is 359 g/mol. The number of ether oxygens (including phenoxy) is 1. The Morgan fingerprint density at radius 2 is 2.17 bits per heavy atom. The summed E-state index contributed by atoms with van der Waals surface area (Å²) in [6.07, 6.45) is 0.824. The summed E-state index contributed by atoms with van der Waals surface area (Å²) in [4.78, 5) is 5.48. The van der Waals surface area contributed by atoms with Gasteiger partial charge in [0.25, 0.3) is 0 Å². The molecule has 0 aliphatic heterocycles. The van der Waals surface area contributed by atoms with E-state index in [1.807, 2.05) is 24.6 Å². The van der Waals surface area contributed by atoms with Gasteiger partial charge in [-0.25, -0.2) is 4.98 Å². The maximum Gasteiger partial charge on any atom is 0.209 e. The van der Waals surface area contributed by atoms with Gasteiger partial charge in [0.15, 0.2) is 0 Å². The number of nitrogens with two attached hydrogens (primary N) is 1. The van der Waals surface area contributed by atoms with Crippen molar-refractivity contribution in [1.29, 1.82) is 0 Å². The molecular formula is C16H17N5OS2. The highest BCUT2D eigenvalue weighted by Crippen LogP contribution is 2.25. The van der Waals surface area contributed by atoms with Crippen molar-refractivity contribution in [3.05, 3.63) is 51.9 Å². The quantitative estimate of drug-likeness (QED) is 0.627. The summed E-state index contributed by atoms with van der Waals surface area (Å²) in [5.41, 5.74) is 12.7. The van der Waals surface area contributed by atoms with Crippen LogP contribution in [0.15, 0.2) is 35.8 Å². The third-order valence-electron chi connectivity index (χ3n) is 3.34. The molecule has 2 heterocycles. The number of thiazole rings is 1. The van der Waals surface area contributed by atoms with Crippen molar-refractivity contribution in [2.75, 3.05) is 17.7 Å². The third-order valence-corrected chi connectivity index (χ3v) is 4.94. The van der Waals surface area contributed by atoms with Crippen LogP contribution in [0, 0.1) is 6.92 Å². The predicted octanol–water partition coefficient (Wildman–Crippen LogP) is 3.59. The van der Waals surface area contributed by atoms with Gasteiger partial charge in [-0.3, -0.25) is 0 Å². The van der Waals surface area contributed by atoms with Gasteiger partial charge < -0.3 is 15.8 Å². The van der Waals surface area contributed by atoms with E-state index in [9.17, 15) is 0 Å². The van der Waals surface area contributed by atoms with Gasteiger partial charge in [0.2, 0.25) is 5.13 Å². The molecule has 24 heavy (non-hydrogen) atoms. The molecule has 3 aromatic rings. The Hall–Kier alpha value is -2.45. The number of aromatic nitrogens is 3. The molecule has 0 radical (unpaired) electrons. The highest BCUT2D eigenvalue weighted by atomic mass is 32.1. The highest BCUT2D eigenvalue weighted by molar-refractivity contribution is 7.13. The Morgan fingerprint density at radius 1 is 1.29 bits per heavy atom. The number of hydrogen-bond donors (Lipinski definition) is 2. The second kappa shape index (κ2) is 7.41. The number of rotatable bonds is 7. The monoisotopic (exact) mass is 359 g/mol. The Labute approximate surface area is 148 Å².